The minimum Gasteiger partial charge on any atom is -0.495 e. The first-order valence-electron chi connectivity index (χ1n) is 9.83. The molecule has 1 saturated heterocycles. The van der Waals surface area contributed by atoms with Crippen molar-refractivity contribution < 1.29 is 17.9 Å². The Kier molecular flexibility index (Phi) is 6.75. The van der Waals surface area contributed by atoms with Gasteiger partial charge in [0.1, 0.15) is 5.75 Å². The number of carbonyl (C=O) groups excluding carboxylic acids is 1. The molecule has 8 heteroatoms. The molecule has 0 radical (unpaired) electrons. The number of anilines is 1. The summed E-state index contributed by atoms with van der Waals surface area (Å²) in [4.78, 5) is 14.8. The highest BCUT2D eigenvalue weighted by molar-refractivity contribution is 7.89. The summed E-state index contributed by atoms with van der Waals surface area (Å²) >= 11 is 6.12. The van der Waals surface area contributed by atoms with E-state index in [1.807, 2.05) is 32.0 Å². The number of aryl methyl sites for hydroxylation is 2. The summed E-state index contributed by atoms with van der Waals surface area (Å²) in [6.45, 7) is 4.56. The van der Waals surface area contributed by atoms with Crippen LogP contribution in [-0.4, -0.2) is 45.9 Å². The second-order valence-electron chi connectivity index (χ2n) is 7.66. The number of nitrogens with zero attached hydrogens (tertiary/aromatic N) is 2. The summed E-state index contributed by atoms with van der Waals surface area (Å²) < 4.78 is 32.7. The average Bonchev–Trinajstić information content (AvgIpc) is 2.74. The lowest BCUT2D eigenvalue weighted by atomic mass is 9.98. The van der Waals surface area contributed by atoms with Gasteiger partial charge in [-0.3, -0.25) is 4.79 Å². The first-order valence-corrected chi connectivity index (χ1v) is 11.7. The quantitative estimate of drug-likeness (QED) is 0.689. The highest BCUT2D eigenvalue weighted by Gasteiger charge is 2.35. The minimum absolute atomic E-state index is 0.0779. The molecule has 1 aliphatic heterocycles. The number of ether oxygens (including phenoxy) is 1. The standard InChI is InChI=1S/C22H27ClN2O4S/c1-15-7-8-18(12-16(15)2)24(3)22(26)17-6-5-11-25(14-17)30(27,28)19-9-10-21(29-4)20(23)13-19/h7-10,12-13,17H,5-6,11,14H2,1-4H3/t17-/m0/s1. The number of hydrogen-bond donors (Lipinski definition) is 0. The number of methoxy groups -OCH3 is 1. The fourth-order valence-electron chi connectivity index (χ4n) is 3.65. The van der Waals surface area contributed by atoms with Crippen LogP contribution in [0.1, 0.15) is 24.0 Å². The van der Waals surface area contributed by atoms with Crippen LogP contribution in [0.15, 0.2) is 41.3 Å². The molecule has 1 heterocycles. The highest BCUT2D eigenvalue weighted by atomic mass is 35.5. The van der Waals surface area contributed by atoms with Crippen LogP contribution in [0, 0.1) is 19.8 Å². The summed E-state index contributed by atoms with van der Waals surface area (Å²) in [6, 6.07) is 10.3. The zero-order valence-electron chi connectivity index (χ0n) is 17.7. The van der Waals surface area contributed by atoms with Gasteiger partial charge in [0.05, 0.1) is 22.9 Å². The third kappa shape index (κ3) is 4.48. The molecule has 162 valence electrons. The number of halogens is 1. The monoisotopic (exact) mass is 450 g/mol. The van der Waals surface area contributed by atoms with E-state index >= 15 is 0 Å². The SMILES string of the molecule is COc1ccc(S(=O)(=O)N2CCC[C@H](C(=O)N(C)c3ccc(C)c(C)c3)C2)cc1Cl. The Labute approximate surface area is 183 Å². The molecule has 0 saturated carbocycles. The van der Waals surface area contributed by atoms with Crippen molar-refractivity contribution in [3.8, 4) is 5.75 Å². The van der Waals surface area contributed by atoms with Gasteiger partial charge in [-0.1, -0.05) is 17.7 Å². The van der Waals surface area contributed by atoms with Crippen LogP contribution in [-0.2, 0) is 14.8 Å². The summed E-state index contributed by atoms with van der Waals surface area (Å²) in [7, 11) is -0.542. The van der Waals surface area contributed by atoms with Gasteiger partial charge in [-0.2, -0.15) is 4.31 Å². The van der Waals surface area contributed by atoms with Gasteiger partial charge in [0.15, 0.2) is 0 Å². The molecule has 1 atom stereocenters. The number of carbonyl (C=O) groups is 1. The van der Waals surface area contributed by atoms with Crippen LogP contribution in [0.4, 0.5) is 5.69 Å². The molecule has 0 spiro atoms. The maximum absolute atomic E-state index is 13.1. The van der Waals surface area contributed by atoms with Crippen molar-refractivity contribution in [3.63, 3.8) is 0 Å². The van der Waals surface area contributed by atoms with E-state index in [-0.39, 0.29) is 22.4 Å². The average molecular weight is 451 g/mol. The van der Waals surface area contributed by atoms with E-state index < -0.39 is 15.9 Å². The van der Waals surface area contributed by atoms with E-state index in [1.165, 1.54) is 29.6 Å². The summed E-state index contributed by atoms with van der Waals surface area (Å²) in [5, 5.41) is 0.234. The number of benzene rings is 2. The smallest absolute Gasteiger partial charge is 0.243 e. The highest BCUT2D eigenvalue weighted by Crippen LogP contribution is 2.31. The van der Waals surface area contributed by atoms with E-state index in [4.69, 9.17) is 16.3 Å². The van der Waals surface area contributed by atoms with E-state index in [2.05, 4.69) is 0 Å². The fourth-order valence-corrected chi connectivity index (χ4v) is 5.53. The first kappa shape index (κ1) is 22.6. The van der Waals surface area contributed by atoms with Crippen LogP contribution in [0.3, 0.4) is 0 Å². The van der Waals surface area contributed by atoms with Gasteiger partial charge in [0.2, 0.25) is 15.9 Å². The molecule has 2 aromatic carbocycles. The molecule has 6 nitrogen and oxygen atoms in total. The Hall–Kier alpha value is -2.09. The normalized spacial score (nSPS) is 17.6. The third-order valence-corrected chi connectivity index (χ3v) is 7.86. The number of hydrogen-bond acceptors (Lipinski definition) is 4. The molecule has 1 fully saturated rings. The van der Waals surface area contributed by atoms with Gasteiger partial charge in [0.25, 0.3) is 0 Å². The van der Waals surface area contributed by atoms with Gasteiger partial charge in [-0.15, -0.1) is 0 Å². The van der Waals surface area contributed by atoms with Gasteiger partial charge in [-0.25, -0.2) is 8.42 Å². The number of amides is 1. The van der Waals surface area contributed by atoms with E-state index in [0.717, 1.165) is 16.8 Å². The van der Waals surface area contributed by atoms with E-state index in [9.17, 15) is 13.2 Å². The number of sulfonamides is 1. The van der Waals surface area contributed by atoms with Crippen LogP contribution < -0.4 is 9.64 Å². The van der Waals surface area contributed by atoms with E-state index in [0.29, 0.717) is 25.1 Å². The van der Waals surface area contributed by atoms with Crippen molar-refractivity contribution >= 4 is 33.2 Å². The van der Waals surface area contributed by atoms with Gasteiger partial charge >= 0.3 is 0 Å². The van der Waals surface area contributed by atoms with Crippen molar-refractivity contribution in [1.82, 2.24) is 4.31 Å². The van der Waals surface area contributed by atoms with Gasteiger partial charge in [0, 0.05) is 25.8 Å². The minimum atomic E-state index is -3.76. The fraction of sp³-hybridized carbons (Fsp3) is 0.409. The summed E-state index contributed by atoms with van der Waals surface area (Å²) in [5.41, 5.74) is 3.08. The van der Waals surface area contributed by atoms with Crippen molar-refractivity contribution in [3.05, 3.63) is 52.5 Å². The Morgan fingerprint density at radius 1 is 1.17 bits per heavy atom. The molecule has 0 N–H and O–H groups in total. The van der Waals surface area contributed by atoms with Crippen molar-refractivity contribution in [2.24, 2.45) is 5.92 Å². The first-order chi connectivity index (χ1) is 14.1. The Bertz CT molecular complexity index is 1060. The molecule has 0 bridgehead atoms. The zero-order chi connectivity index (χ0) is 22.1. The Balaban J connectivity index is 1.79. The zero-order valence-corrected chi connectivity index (χ0v) is 19.3. The van der Waals surface area contributed by atoms with Crippen LogP contribution in [0.2, 0.25) is 5.02 Å². The predicted octanol–water partition coefficient (Wildman–Crippen LogP) is 4.03. The molecular weight excluding hydrogens is 424 g/mol. The maximum Gasteiger partial charge on any atom is 0.243 e. The molecule has 1 amide bonds. The molecule has 30 heavy (non-hydrogen) atoms. The maximum atomic E-state index is 13.1. The lowest BCUT2D eigenvalue weighted by molar-refractivity contribution is -0.123. The Morgan fingerprint density at radius 3 is 2.53 bits per heavy atom. The topological polar surface area (TPSA) is 66.9 Å². The van der Waals surface area contributed by atoms with Crippen LogP contribution in [0.5, 0.6) is 5.75 Å². The molecule has 2 aromatic rings. The molecule has 0 unspecified atom stereocenters. The lowest BCUT2D eigenvalue weighted by Crippen LogP contribution is -2.46. The van der Waals surface area contributed by atoms with Crippen molar-refractivity contribution in [1.29, 1.82) is 0 Å². The molecule has 1 aliphatic rings. The van der Waals surface area contributed by atoms with Crippen molar-refractivity contribution in [2.45, 2.75) is 31.6 Å². The van der Waals surface area contributed by atoms with Crippen molar-refractivity contribution in [2.75, 3.05) is 32.1 Å². The Morgan fingerprint density at radius 2 is 1.90 bits per heavy atom. The third-order valence-electron chi connectivity index (χ3n) is 5.70. The lowest BCUT2D eigenvalue weighted by Gasteiger charge is -2.33. The number of rotatable bonds is 5. The van der Waals surface area contributed by atoms with Gasteiger partial charge < -0.3 is 9.64 Å². The second-order valence-corrected chi connectivity index (χ2v) is 10.0. The molecular formula is C22H27ClN2O4S. The summed E-state index contributed by atoms with van der Waals surface area (Å²) in [5.74, 6) is -0.0582. The predicted molar refractivity (Wildman–Crippen MR) is 119 cm³/mol. The summed E-state index contributed by atoms with van der Waals surface area (Å²) in [6.07, 6.45) is 1.28. The van der Waals surface area contributed by atoms with Crippen LogP contribution in [0.25, 0.3) is 0 Å². The number of piperidine rings is 1. The largest absolute Gasteiger partial charge is 0.495 e. The molecule has 3 rings (SSSR count). The molecule has 0 aromatic heterocycles. The second kappa shape index (κ2) is 8.96. The van der Waals surface area contributed by atoms with E-state index in [1.54, 1.807) is 11.9 Å². The van der Waals surface area contributed by atoms with Crippen LogP contribution >= 0.6 is 11.6 Å². The molecule has 0 aliphatic carbocycles. The van der Waals surface area contributed by atoms with Gasteiger partial charge in [-0.05, 0) is 68.1 Å².